The zero-order valence-corrected chi connectivity index (χ0v) is 9.83. The molecular formula is C9H19N3O3. The zero-order valence-electron chi connectivity index (χ0n) is 9.83. The number of carbonyl (C=O) groups is 1. The van der Waals surface area contributed by atoms with E-state index in [1.54, 1.807) is 27.7 Å². The van der Waals surface area contributed by atoms with Crippen LogP contribution in [0.4, 0.5) is 4.79 Å². The van der Waals surface area contributed by atoms with E-state index in [0.717, 1.165) is 0 Å². The highest BCUT2D eigenvalue weighted by Crippen LogP contribution is 2.06. The molecule has 15 heavy (non-hydrogen) atoms. The van der Waals surface area contributed by atoms with Gasteiger partial charge in [0, 0.05) is 0 Å². The Morgan fingerprint density at radius 1 is 1.47 bits per heavy atom. The highest BCUT2D eigenvalue weighted by atomic mass is 16.6. The predicted molar refractivity (Wildman–Crippen MR) is 57.5 cm³/mol. The van der Waals surface area contributed by atoms with Gasteiger partial charge in [-0.25, -0.2) is 4.79 Å². The fraction of sp³-hybridized carbons (Fsp3) is 0.778. The molecule has 0 fully saturated rings. The van der Waals surface area contributed by atoms with Gasteiger partial charge in [-0.05, 0) is 27.7 Å². The van der Waals surface area contributed by atoms with E-state index in [-0.39, 0.29) is 5.84 Å². The van der Waals surface area contributed by atoms with Crippen LogP contribution in [0, 0.1) is 0 Å². The minimum Gasteiger partial charge on any atom is -0.444 e. The van der Waals surface area contributed by atoms with Gasteiger partial charge in [0.15, 0.2) is 5.84 Å². The molecule has 6 heteroatoms. The van der Waals surface area contributed by atoms with Crippen LogP contribution in [0.2, 0.25) is 0 Å². The Hall–Kier alpha value is -1.46. The number of nitrogens with zero attached hydrogens (tertiary/aromatic N) is 1. The third kappa shape index (κ3) is 6.59. The number of nitrogens with one attached hydrogen (secondary N) is 1. The number of ether oxygens (including phenoxy) is 1. The second-order valence-corrected chi connectivity index (χ2v) is 4.07. The van der Waals surface area contributed by atoms with Crippen molar-refractivity contribution in [1.29, 1.82) is 0 Å². The fourth-order valence-electron chi connectivity index (χ4n) is 0.743. The summed E-state index contributed by atoms with van der Waals surface area (Å²) in [6.07, 6.45) is -0.538. The molecule has 0 saturated carbocycles. The summed E-state index contributed by atoms with van der Waals surface area (Å²) in [6.45, 7) is 7.03. The highest BCUT2D eigenvalue weighted by Gasteiger charge is 2.18. The molecule has 1 unspecified atom stereocenters. The molecule has 0 aromatic carbocycles. The van der Waals surface area contributed by atoms with E-state index in [1.165, 1.54) is 7.11 Å². The van der Waals surface area contributed by atoms with Gasteiger partial charge < -0.3 is 20.6 Å². The minimum atomic E-state index is -0.538. The van der Waals surface area contributed by atoms with Crippen LogP contribution in [0.15, 0.2) is 5.16 Å². The smallest absolute Gasteiger partial charge is 0.408 e. The maximum absolute atomic E-state index is 11.3. The quantitative estimate of drug-likeness (QED) is 0.416. The largest absolute Gasteiger partial charge is 0.444 e. The van der Waals surface area contributed by atoms with Gasteiger partial charge in [-0.15, -0.1) is 0 Å². The number of hydrogen-bond donors (Lipinski definition) is 2. The van der Waals surface area contributed by atoms with Gasteiger partial charge in [-0.3, -0.25) is 0 Å². The Kier molecular flexibility index (Phi) is 4.90. The van der Waals surface area contributed by atoms with Crippen molar-refractivity contribution < 1.29 is 14.4 Å². The molecule has 1 amide bonds. The summed E-state index contributed by atoms with van der Waals surface area (Å²) in [4.78, 5) is 15.8. The maximum atomic E-state index is 11.3. The van der Waals surface area contributed by atoms with Gasteiger partial charge in [0.1, 0.15) is 12.7 Å². The fourth-order valence-corrected chi connectivity index (χ4v) is 0.743. The zero-order chi connectivity index (χ0) is 12.1. The first-order valence-electron chi connectivity index (χ1n) is 4.62. The number of amides is 1. The summed E-state index contributed by atoms with van der Waals surface area (Å²) in [7, 11) is 1.38. The highest BCUT2D eigenvalue weighted by molar-refractivity contribution is 5.88. The first kappa shape index (κ1) is 13.5. The average Bonchev–Trinajstić information content (AvgIpc) is 2.00. The van der Waals surface area contributed by atoms with Gasteiger partial charge in [0.05, 0.1) is 6.04 Å². The summed E-state index contributed by atoms with van der Waals surface area (Å²) in [6, 6.07) is -0.431. The lowest BCUT2D eigenvalue weighted by molar-refractivity contribution is 0.0520. The predicted octanol–water partition coefficient (Wildman–Crippen LogP) is 0.818. The van der Waals surface area contributed by atoms with Crippen LogP contribution < -0.4 is 11.1 Å². The molecule has 0 aromatic heterocycles. The lowest BCUT2D eigenvalue weighted by Gasteiger charge is -2.21. The standard InChI is InChI=1S/C9H19N3O3/c1-6(7(10)12-14-5)11-8(13)15-9(2,3)4/h6H,1-5H3,(H2,10,12)(H,11,13). The molecule has 0 rings (SSSR count). The number of oxime groups is 1. The third-order valence-corrected chi connectivity index (χ3v) is 1.37. The molecule has 0 spiro atoms. The van der Waals surface area contributed by atoms with Gasteiger partial charge in [-0.2, -0.15) is 0 Å². The molecule has 0 aliphatic carbocycles. The summed E-state index contributed by atoms with van der Waals surface area (Å²) in [5.74, 6) is 0.184. The third-order valence-electron chi connectivity index (χ3n) is 1.37. The molecule has 0 radical (unpaired) electrons. The van der Waals surface area contributed by atoms with Crippen molar-refractivity contribution in [3.63, 3.8) is 0 Å². The van der Waals surface area contributed by atoms with Crippen LogP contribution >= 0.6 is 0 Å². The molecule has 0 saturated heterocycles. The number of amidine groups is 1. The normalized spacial score (nSPS) is 14.3. The van der Waals surface area contributed by atoms with E-state index in [9.17, 15) is 4.79 Å². The summed E-state index contributed by atoms with van der Waals surface area (Å²) < 4.78 is 5.04. The van der Waals surface area contributed by atoms with E-state index >= 15 is 0 Å². The van der Waals surface area contributed by atoms with Crippen LogP contribution in [-0.4, -0.2) is 30.7 Å². The van der Waals surface area contributed by atoms with E-state index in [0.29, 0.717) is 0 Å². The van der Waals surface area contributed by atoms with E-state index in [2.05, 4.69) is 15.3 Å². The Morgan fingerprint density at radius 2 is 2.00 bits per heavy atom. The van der Waals surface area contributed by atoms with Crippen molar-refractivity contribution in [1.82, 2.24) is 5.32 Å². The Labute approximate surface area is 89.8 Å². The van der Waals surface area contributed by atoms with Crippen LogP contribution in [0.5, 0.6) is 0 Å². The van der Waals surface area contributed by atoms with Gasteiger partial charge >= 0.3 is 6.09 Å². The molecule has 0 aliphatic heterocycles. The first-order valence-corrected chi connectivity index (χ1v) is 4.62. The van der Waals surface area contributed by atoms with Gasteiger partial charge in [0.2, 0.25) is 0 Å². The minimum absolute atomic E-state index is 0.184. The van der Waals surface area contributed by atoms with Crippen LogP contribution in [0.1, 0.15) is 27.7 Å². The van der Waals surface area contributed by atoms with E-state index in [4.69, 9.17) is 10.5 Å². The Balaban J connectivity index is 4.13. The van der Waals surface area contributed by atoms with Crippen molar-refractivity contribution in [2.75, 3.05) is 7.11 Å². The Bertz CT molecular complexity index is 245. The molecule has 0 aromatic rings. The number of hydrogen-bond acceptors (Lipinski definition) is 4. The van der Waals surface area contributed by atoms with Crippen LogP contribution in [-0.2, 0) is 9.57 Å². The van der Waals surface area contributed by atoms with Crippen molar-refractivity contribution >= 4 is 11.9 Å². The van der Waals surface area contributed by atoms with Crippen LogP contribution in [0.25, 0.3) is 0 Å². The monoisotopic (exact) mass is 217 g/mol. The second kappa shape index (κ2) is 5.43. The number of rotatable bonds is 3. The maximum Gasteiger partial charge on any atom is 0.408 e. The molecule has 0 heterocycles. The lowest BCUT2D eigenvalue weighted by Crippen LogP contribution is -2.44. The Morgan fingerprint density at radius 3 is 2.40 bits per heavy atom. The molecule has 1 atom stereocenters. The van der Waals surface area contributed by atoms with E-state index < -0.39 is 17.7 Å². The van der Waals surface area contributed by atoms with Gasteiger partial charge in [0.25, 0.3) is 0 Å². The average molecular weight is 217 g/mol. The molecular weight excluding hydrogens is 198 g/mol. The molecule has 6 nitrogen and oxygen atoms in total. The van der Waals surface area contributed by atoms with Gasteiger partial charge in [-0.1, -0.05) is 5.16 Å². The first-order chi connectivity index (χ1) is 6.76. The van der Waals surface area contributed by atoms with Crippen molar-refractivity contribution in [3.05, 3.63) is 0 Å². The molecule has 3 N–H and O–H groups in total. The molecule has 0 aliphatic rings. The number of alkyl carbamates (subject to hydrolysis) is 1. The number of carbonyl (C=O) groups excluding carboxylic acids is 1. The SMILES string of the molecule is CON=C(N)C(C)NC(=O)OC(C)(C)C. The van der Waals surface area contributed by atoms with E-state index in [1.807, 2.05) is 0 Å². The summed E-state index contributed by atoms with van der Waals surface area (Å²) in [5, 5.41) is 6.02. The van der Waals surface area contributed by atoms with Crippen molar-refractivity contribution in [2.45, 2.75) is 39.3 Å². The topological polar surface area (TPSA) is 85.9 Å². The molecule has 0 bridgehead atoms. The summed E-state index contributed by atoms with van der Waals surface area (Å²) in [5.41, 5.74) is 4.96. The molecule has 88 valence electrons. The summed E-state index contributed by atoms with van der Waals surface area (Å²) >= 11 is 0. The van der Waals surface area contributed by atoms with Crippen LogP contribution in [0.3, 0.4) is 0 Å². The number of nitrogens with two attached hydrogens (primary N) is 1. The lowest BCUT2D eigenvalue weighted by atomic mass is 10.2. The van der Waals surface area contributed by atoms with Crippen molar-refractivity contribution in [2.24, 2.45) is 10.9 Å². The van der Waals surface area contributed by atoms with Crippen molar-refractivity contribution in [3.8, 4) is 0 Å². The second-order valence-electron chi connectivity index (χ2n) is 4.07.